The van der Waals surface area contributed by atoms with Crippen LogP contribution in [-0.4, -0.2) is 42.8 Å². The molecule has 1 aromatic carbocycles. The van der Waals surface area contributed by atoms with E-state index in [0.29, 0.717) is 24.2 Å². The van der Waals surface area contributed by atoms with Crippen molar-refractivity contribution in [3.8, 4) is 6.07 Å². The van der Waals surface area contributed by atoms with E-state index in [2.05, 4.69) is 0 Å². The van der Waals surface area contributed by atoms with Crippen LogP contribution in [0.3, 0.4) is 0 Å². The van der Waals surface area contributed by atoms with Gasteiger partial charge in [-0.2, -0.15) is 5.26 Å². The smallest absolute Gasteiger partial charge is 0.327 e. The molecule has 0 aromatic heterocycles. The number of nitrogens with zero attached hydrogens (tertiary/aromatic N) is 2. The predicted octanol–water partition coefficient (Wildman–Crippen LogP) is 1.09. The van der Waals surface area contributed by atoms with E-state index in [-0.39, 0.29) is 6.61 Å². The number of carbonyl (C=O) groups excluding carboxylic acids is 1. The highest BCUT2D eigenvalue weighted by Crippen LogP contribution is 2.22. The lowest BCUT2D eigenvalue weighted by Gasteiger charge is -2.28. The molecule has 0 heterocycles. The highest BCUT2D eigenvalue weighted by Gasteiger charge is 2.27. The highest BCUT2D eigenvalue weighted by atomic mass is 16.5. The Morgan fingerprint density at radius 3 is 2.84 bits per heavy atom. The quantitative estimate of drug-likeness (QED) is 0.777. The molecule has 0 saturated carbocycles. The second-order valence-corrected chi connectivity index (χ2v) is 4.02. The van der Waals surface area contributed by atoms with Crippen molar-refractivity contribution in [3.63, 3.8) is 0 Å². The summed E-state index contributed by atoms with van der Waals surface area (Å²) in [5, 5.41) is 18.0. The predicted molar refractivity (Wildman–Crippen MR) is 70.2 cm³/mol. The fraction of sp³-hybridized carbons (Fsp3) is 0.429. The normalized spacial score (nSPS) is 11.9. The van der Waals surface area contributed by atoms with Gasteiger partial charge in [0.2, 0.25) is 0 Å². The minimum Gasteiger partial charge on any atom is -0.468 e. The third-order valence-corrected chi connectivity index (χ3v) is 2.91. The van der Waals surface area contributed by atoms with E-state index in [1.54, 1.807) is 24.3 Å². The zero-order chi connectivity index (χ0) is 14.3. The van der Waals surface area contributed by atoms with E-state index in [4.69, 9.17) is 15.1 Å². The number of benzene rings is 1. The number of aliphatic hydroxyl groups is 1. The molecule has 102 valence electrons. The zero-order valence-corrected chi connectivity index (χ0v) is 11.2. The van der Waals surface area contributed by atoms with Gasteiger partial charge in [-0.15, -0.1) is 0 Å². The minimum absolute atomic E-state index is 0.0424. The van der Waals surface area contributed by atoms with Crippen LogP contribution in [0, 0.1) is 11.3 Å². The maximum atomic E-state index is 12.0. The summed E-state index contributed by atoms with van der Waals surface area (Å²) in [6, 6.07) is 8.31. The largest absolute Gasteiger partial charge is 0.468 e. The zero-order valence-electron chi connectivity index (χ0n) is 11.2. The van der Waals surface area contributed by atoms with E-state index in [9.17, 15) is 4.79 Å². The fourth-order valence-corrected chi connectivity index (χ4v) is 1.98. The Bertz CT molecular complexity index is 468. The molecule has 1 atom stereocenters. The van der Waals surface area contributed by atoms with Crippen LogP contribution in [0.1, 0.15) is 24.1 Å². The molecule has 0 saturated heterocycles. The lowest BCUT2D eigenvalue weighted by Crippen LogP contribution is -2.36. The summed E-state index contributed by atoms with van der Waals surface area (Å²) in [5.74, 6) is -0.398. The summed E-state index contributed by atoms with van der Waals surface area (Å²) >= 11 is 0. The molecule has 1 unspecified atom stereocenters. The van der Waals surface area contributed by atoms with Gasteiger partial charge in [-0.3, -0.25) is 4.90 Å². The Morgan fingerprint density at radius 1 is 1.58 bits per heavy atom. The molecule has 0 fully saturated rings. The third kappa shape index (κ3) is 3.78. The number of aliphatic hydroxyl groups excluding tert-OH is 1. The first kappa shape index (κ1) is 15.2. The maximum Gasteiger partial charge on any atom is 0.327 e. The van der Waals surface area contributed by atoms with Crippen LogP contribution in [0.25, 0.3) is 0 Å². The van der Waals surface area contributed by atoms with Crippen LogP contribution >= 0.6 is 0 Å². The highest BCUT2D eigenvalue weighted by molar-refractivity contribution is 5.77. The molecule has 0 amide bonds. The van der Waals surface area contributed by atoms with E-state index < -0.39 is 12.0 Å². The molecule has 0 aliphatic carbocycles. The molecule has 1 aromatic rings. The van der Waals surface area contributed by atoms with Crippen molar-refractivity contribution in [2.45, 2.75) is 13.0 Å². The molecule has 1 N–H and O–H groups in total. The molecule has 0 aliphatic rings. The fourth-order valence-electron chi connectivity index (χ4n) is 1.98. The number of esters is 1. The van der Waals surface area contributed by atoms with Gasteiger partial charge >= 0.3 is 5.97 Å². The number of hydrogen-bond acceptors (Lipinski definition) is 5. The van der Waals surface area contributed by atoms with E-state index in [1.807, 2.05) is 17.9 Å². The first-order valence-electron chi connectivity index (χ1n) is 6.10. The Kier molecular flexibility index (Phi) is 6.00. The van der Waals surface area contributed by atoms with Gasteiger partial charge < -0.3 is 9.84 Å². The molecular weight excluding hydrogens is 244 g/mol. The van der Waals surface area contributed by atoms with Crippen molar-refractivity contribution in [3.05, 3.63) is 35.4 Å². The Labute approximate surface area is 113 Å². The van der Waals surface area contributed by atoms with Crippen LogP contribution < -0.4 is 0 Å². The van der Waals surface area contributed by atoms with E-state index >= 15 is 0 Å². The number of hydrogen-bond donors (Lipinski definition) is 1. The lowest BCUT2D eigenvalue weighted by atomic mass is 10.0. The first-order valence-corrected chi connectivity index (χ1v) is 6.10. The Balaban J connectivity index is 3.15. The molecular formula is C14H18N2O3. The van der Waals surface area contributed by atoms with Crippen molar-refractivity contribution in [2.75, 3.05) is 26.8 Å². The average molecular weight is 262 g/mol. The van der Waals surface area contributed by atoms with Gasteiger partial charge in [-0.05, 0) is 24.2 Å². The molecule has 0 spiro atoms. The molecule has 19 heavy (non-hydrogen) atoms. The second-order valence-electron chi connectivity index (χ2n) is 4.02. The number of rotatable bonds is 6. The summed E-state index contributed by atoms with van der Waals surface area (Å²) in [6.45, 7) is 2.82. The summed E-state index contributed by atoms with van der Waals surface area (Å²) in [4.78, 5) is 13.8. The van der Waals surface area contributed by atoms with Crippen LogP contribution in [0.4, 0.5) is 0 Å². The first-order chi connectivity index (χ1) is 9.17. The molecule has 1 rings (SSSR count). The van der Waals surface area contributed by atoms with Crippen molar-refractivity contribution in [1.29, 1.82) is 5.26 Å². The topological polar surface area (TPSA) is 73.6 Å². The van der Waals surface area contributed by atoms with Crippen molar-refractivity contribution in [2.24, 2.45) is 0 Å². The van der Waals surface area contributed by atoms with Gasteiger partial charge in [-0.1, -0.05) is 19.1 Å². The monoisotopic (exact) mass is 262 g/mol. The maximum absolute atomic E-state index is 12.0. The van der Waals surface area contributed by atoms with Crippen LogP contribution in [-0.2, 0) is 9.53 Å². The van der Waals surface area contributed by atoms with Gasteiger partial charge in [0.15, 0.2) is 0 Å². The minimum atomic E-state index is -0.601. The van der Waals surface area contributed by atoms with Crippen molar-refractivity contribution < 1.29 is 14.6 Å². The number of nitriles is 1. The lowest BCUT2D eigenvalue weighted by molar-refractivity contribution is -0.147. The van der Waals surface area contributed by atoms with Gasteiger partial charge in [0.1, 0.15) is 6.04 Å². The number of methoxy groups -OCH3 is 1. The molecule has 5 nitrogen and oxygen atoms in total. The number of likely N-dealkylation sites (N-methyl/N-ethyl adjacent to an activating group) is 1. The van der Waals surface area contributed by atoms with Crippen molar-refractivity contribution in [1.82, 2.24) is 4.90 Å². The molecule has 0 bridgehead atoms. The standard InChI is InChI=1S/C14H18N2O3/c1-3-16(7-8-17)13(14(18)19-2)12-6-4-5-11(9-12)10-15/h4-6,9,13,17H,3,7-8H2,1-2H3. The molecule has 0 aliphatic heterocycles. The van der Waals surface area contributed by atoms with Gasteiger partial charge in [0, 0.05) is 6.54 Å². The SMILES string of the molecule is CCN(CCO)C(C(=O)OC)c1cccc(C#N)c1. The molecule has 5 heteroatoms. The van der Waals surface area contributed by atoms with Crippen molar-refractivity contribution >= 4 is 5.97 Å². The van der Waals surface area contributed by atoms with Gasteiger partial charge in [-0.25, -0.2) is 4.79 Å². The van der Waals surface area contributed by atoms with E-state index in [1.165, 1.54) is 7.11 Å². The van der Waals surface area contributed by atoms with Crippen LogP contribution in [0.5, 0.6) is 0 Å². The Morgan fingerprint density at radius 2 is 2.32 bits per heavy atom. The summed E-state index contributed by atoms with van der Waals surface area (Å²) < 4.78 is 4.82. The summed E-state index contributed by atoms with van der Waals surface area (Å²) in [7, 11) is 1.33. The van der Waals surface area contributed by atoms with Crippen LogP contribution in [0.2, 0.25) is 0 Å². The van der Waals surface area contributed by atoms with Gasteiger partial charge in [0.25, 0.3) is 0 Å². The number of carbonyl (C=O) groups is 1. The molecule has 0 radical (unpaired) electrons. The third-order valence-electron chi connectivity index (χ3n) is 2.91. The van der Waals surface area contributed by atoms with E-state index in [0.717, 1.165) is 0 Å². The second kappa shape index (κ2) is 7.52. The average Bonchev–Trinajstić information content (AvgIpc) is 2.46. The van der Waals surface area contributed by atoms with Crippen LogP contribution in [0.15, 0.2) is 24.3 Å². The van der Waals surface area contributed by atoms with Gasteiger partial charge in [0.05, 0.1) is 25.3 Å². The Hall–Kier alpha value is -1.90. The summed E-state index contributed by atoms with van der Waals surface area (Å²) in [5.41, 5.74) is 1.19. The number of ether oxygens (including phenoxy) is 1. The summed E-state index contributed by atoms with van der Waals surface area (Å²) in [6.07, 6.45) is 0.